The molecule has 4 nitrogen and oxygen atoms in total. The van der Waals surface area contributed by atoms with E-state index in [2.05, 4.69) is 15.0 Å². The summed E-state index contributed by atoms with van der Waals surface area (Å²) < 4.78 is 5.68. The van der Waals surface area contributed by atoms with Gasteiger partial charge in [-0.25, -0.2) is 4.98 Å². The second-order valence-electron chi connectivity index (χ2n) is 3.85. The van der Waals surface area contributed by atoms with E-state index in [0.29, 0.717) is 5.71 Å². The minimum atomic E-state index is 0.651. The molecule has 4 rings (SSSR count). The molecule has 0 fully saturated rings. The third kappa shape index (κ3) is 1.15. The van der Waals surface area contributed by atoms with E-state index in [0.717, 1.165) is 27.4 Å². The Morgan fingerprint density at radius 2 is 1.65 bits per heavy atom. The van der Waals surface area contributed by atoms with Gasteiger partial charge in [0.1, 0.15) is 5.58 Å². The topological polar surface area (TPSA) is 51.8 Å². The molecule has 1 aromatic carbocycles. The summed E-state index contributed by atoms with van der Waals surface area (Å²) >= 11 is 0. The molecule has 0 amide bonds. The monoisotopic (exact) mass is 221 g/mol. The van der Waals surface area contributed by atoms with Gasteiger partial charge in [-0.15, -0.1) is 0 Å². The smallest absolute Gasteiger partial charge is 0.227 e. The van der Waals surface area contributed by atoms with Crippen molar-refractivity contribution in [2.24, 2.45) is 0 Å². The van der Waals surface area contributed by atoms with Crippen molar-refractivity contribution >= 4 is 33.1 Å². The fraction of sp³-hybridized carbons (Fsp3) is 0. The molecule has 17 heavy (non-hydrogen) atoms. The fourth-order valence-corrected chi connectivity index (χ4v) is 2.07. The Morgan fingerprint density at radius 3 is 2.53 bits per heavy atom. The van der Waals surface area contributed by atoms with E-state index in [-0.39, 0.29) is 0 Å². The molecule has 3 aromatic heterocycles. The van der Waals surface area contributed by atoms with E-state index in [1.165, 1.54) is 0 Å². The average molecular weight is 221 g/mol. The summed E-state index contributed by atoms with van der Waals surface area (Å²) in [4.78, 5) is 12.8. The van der Waals surface area contributed by atoms with Gasteiger partial charge in [-0.1, -0.05) is 0 Å². The summed E-state index contributed by atoms with van der Waals surface area (Å²) in [6.07, 6.45) is 5.09. The highest BCUT2D eigenvalue weighted by molar-refractivity contribution is 6.07. The van der Waals surface area contributed by atoms with Crippen molar-refractivity contribution in [3.63, 3.8) is 0 Å². The van der Waals surface area contributed by atoms with E-state index >= 15 is 0 Å². The molecule has 0 unspecified atom stereocenters. The molecule has 0 saturated heterocycles. The zero-order valence-electron chi connectivity index (χ0n) is 8.79. The second kappa shape index (κ2) is 3.01. The number of pyridine rings is 1. The van der Waals surface area contributed by atoms with E-state index in [4.69, 9.17) is 4.42 Å². The van der Waals surface area contributed by atoms with Gasteiger partial charge < -0.3 is 4.42 Å². The molecule has 3 heterocycles. The molecule has 0 aliphatic heterocycles. The molecule has 0 saturated carbocycles. The molecule has 4 aromatic rings. The van der Waals surface area contributed by atoms with Crippen LogP contribution in [0.4, 0.5) is 0 Å². The van der Waals surface area contributed by atoms with Crippen LogP contribution in [0, 0.1) is 0 Å². The van der Waals surface area contributed by atoms with Crippen molar-refractivity contribution in [1.82, 2.24) is 15.0 Å². The van der Waals surface area contributed by atoms with Gasteiger partial charge in [0, 0.05) is 35.4 Å². The van der Waals surface area contributed by atoms with Crippen LogP contribution in [-0.4, -0.2) is 15.0 Å². The first-order chi connectivity index (χ1) is 8.42. The highest BCUT2D eigenvalue weighted by Gasteiger charge is 2.09. The lowest BCUT2D eigenvalue weighted by Gasteiger charge is -1.94. The predicted molar refractivity (Wildman–Crippen MR) is 64.6 cm³/mol. The van der Waals surface area contributed by atoms with Gasteiger partial charge in [-0.2, -0.15) is 0 Å². The van der Waals surface area contributed by atoms with E-state index in [1.807, 2.05) is 24.3 Å². The van der Waals surface area contributed by atoms with Gasteiger partial charge >= 0.3 is 0 Å². The second-order valence-corrected chi connectivity index (χ2v) is 3.85. The first-order valence-electron chi connectivity index (χ1n) is 5.30. The van der Waals surface area contributed by atoms with Crippen LogP contribution in [-0.2, 0) is 0 Å². The summed E-state index contributed by atoms with van der Waals surface area (Å²) in [5.41, 5.74) is 3.15. The number of hydrogen-bond acceptors (Lipinski definition) is 4. The lowest BCUT2D eigenvalue weighted by Crippen LogP contribution is -1.80. The predicted octanol–water partition coefficient (Wildman–Crippen LogP) is 2.92. The molecule has 0 aliphatic rings. The molecule has 0 radical (unpaired) electrons. The highest BCUT2D eigenvalue weighted by Crippen LogP contribution is 2.29. The van der Waals surface area contributed by atoms with Crippen LogP contribution in [0.15, 0.2) is 47.3 Å². The largest absolute Gasteiger partial charge is 0.438 e. The van der Waals surface area contributed by atoms with E-state index < -0.39 is 0 Å². The Kier molecular flexibility index (Phi) is 1.53. The van der Waals surface area contributed by atoms with Crippen molar-refractivity contribution in [3.8, 4) is 0 Å². The molecule has 80 valence electrons. The number of hydrogen-bond donors (Lipinski definition) is 0. The first-order valence-corrected chi connectivity index (χ1v) is 5.30. The van der Waals surface area contributed by atoms with Gasteiger partial charge in [0.15, 0.2) is 0 Å². The summed E-state index contributed by atoms with van der Waals surface area (Å²) in [5.74, 6) is 0. The number of fused-ring (bicyclic) bond motifs is 4. The normalized spacial score (nSPS) is 11.5. The number of nitrogens with zero attached hydrogens (tertiary/aromatic N) is 3. The maximum Gasteiger partial charge on any atom is 0.227 e. The van der Waals surface area contributed by atoms with Crippen LogP contribution >= 0.6 is 0 Å². The van der Waals surface area contributed by atoms with Crippen molar-refractivity contribution in [3.05, 3.63) is 42.9 Å². The van der Waals surface area contributed by atoms with Crippen molar-refractivity contribution < 1.29 is 4.42 Å². The Balaban J connectivity index is 2.28. The Hall–Kier alpha value is -2.49. The zero-order chi connectivity index (χ0) is 11.2. The minimum Gasteiger partial charge on any atom is -0.438 e. The maximum absolute atomic E-state index is 5.68. The van der Waals surface area contributed by atoms with Gasteiger partial charge in [-0.05, 0) is 18.2 Å². The Labute approximate surface area is 95.9 Å². The van der Waals surface area contributed by atoms with Crippen molar-refractivity contribution in [2.45, 2.75) is 0 Å². The van der Waals surface area contributed by atoms with Gasteiger partial charge in [-0.3, -0.25) is 9.97 Å². The van der Waals surface area contributed by atoms with Crippen molar-refractivity contribution in [2.75, 3.05) is 0 Å². The minimum absolute atomic E-state index is 0.651. The van der Waals surface area contributed by atoms with E-state index in [9.17, 15) is 0 Å². The molecule has 0 N–H and O–H groups in total. The number of furan rings is 1. The third-order valence-electron chi connectivity index (χ3n) is 2.84. The van der Waals surface area contributed by atoms with Crippen LogP contribution in [0.1, 0.15) is 0 Å². The number of aromatic nitrogens is 3. The number of rotatable bonds is 0. The fourth-order valence-electron chi connectivity index (χ4n) is 2.07. The molecular formula is C13H7N3O. The summed E-state index contributed by atoms with van der Waals surface area (Å²) in [6, 6.07) is 7.79. The van der Waals surface area contributed by atoms with Crippen LogP contribution in [0.25, 0.3) is 33.1 Å². The summed E-state index contributed by atoms with van der Waals surface area (Å²) in [7, 11) is 0. The zero-order valence-corrected chi connectivity index (χ0v) is 8.79. The van der Waals surface area contributed by atoms with Gasteiger partial charge in [0.25, 0.3) is 0 Å². The van der Waals surface area contributed by atoms with Gasteiger partial charge in [0.05, 0.1) is 11.0 Å². The van der Waals surface area contributed by atoms with Crippen LogP contribution in [0.5, 0.6) is 0 Å². The molecule has 0 aliphatic carbocycles. The first kappa shape index (κ1) is 8.64. The van der Waals surface area contributed by atoms with Crippen LogP contribution in [0.2, 0.25) is 0 Å². The molecule has 0 atom stereocenters. The molecule has 0 bridgehead atoms. The van der Waals surface area contributed by atoms with Crippen LogP contribution < -0.4 is 0 Å². The highest BCUT2D eigenvalue weighted by atomic mass is 16.3. The third-order valence-corrected chi connectivity index (χ3v) is 2.84. The maximum atomic E-state index is 5.68. The van der Waals surface area contributed by atoms with E-state index in [1.54, 1.807) is 18.6 Å². The Bertz CT molecular complexity index is 845. The molecular weight excluding hydrogens is 214 g/mol. The summed E-state index contributed by atoms with van der Waals surface area (Å²) in [6.45, 7) is 0. The van der Waals surface area contributed by atoms with Crippen molar-refractivity contribution in [1.29, 1.82) is 0 Å². The average Bonchev–Trinajstić information content (AvgIpc) is 2.73. The Morgan fingerprint density at radius 1 is 0.824 bits per heavy atom. The van der Waals surface area contributed by atoms with Gasteiger partial charge in [0.2, 0.25) is 5.71 Å². The lowest BCUT2D eigenvalue weighted by molar-refractivity contribution is 0.654. The summed E-state index contributed by atoms with van der Waals surface area (Å²) in [5, 5.41) is 2.04. The quantitative estimate of drug-likeness (QED) is 0.458. The standard InChI is InChI=1S/C13H7N3O/c1-2-8-9-6-10-11(15-5-4-14-10)7-12(9)17-13(8)16-3-1/h1-7H. The lowest BCUT2D eigenvalue weighted by atomic mass is 10.2. The number of benzene rings is 1. The van der Waals surface area contributed by atoms with Crippen LogP contribution in [0.3, 0.4) is 0 Å². The molecule has 4 heteroatoms. The SMILES string of the molecule is c1cnc2oc3cc4nccnc4cc3c2c1. The molecule has 0 spiro atoms.